The first-order valence-electron chi connectivity index (χ1n) is 9.29. The van der Waals surface area contributed by atoms with E-state index in [0.717, 1.165) is 34.5 Å². The molecule has 1 N–H and O–H groups in total. The maximum atomic E-state index is 11.9. The zero-order chi connectivity index (χ0) is 19.2. The van der Waals surface area contributed by atoms with Crippen molar-refractivity contribution < 1.29 is 9.90 Å². The van der Waals surface area contributed by atoms with Crippen LogP contribution in [0, 0.1) is 6.92 Å². The van der Waals surface area contributed by atoms with Gasteiger partial charge in [0.05, 0.1) is 11.6 Å². The first-order valence-corrected chi connectivity index (χ1v) is 9.29. The molecule has 0 saturated heterocycles. The van der Waals surface area contributed by atoms with Crippen molar-refractivity contribution in [1.82, 2.24) is 9.97 Å². The molecule has 2 aromatic carbocycles. The van der Waals surface area contributed by atoms with Gasteiger partial charge in [0.15, 0.2) is 5.82 Å². The van der Waals surface area contributed by atoms with Crippen molar-refractivity contribution in [2.24, 2.45) is 0 Å². The Balaban J connectivity index is 2.14. The SMILES string of the molecule is CCCC(C(=O)O)c1c(C)nc(-c2ccccc2)nc1Cc1ccccc1. The highest BCUT2D eigenvalue weighted by molar-refractivity contribution is 5.77. The highest BCUT2D eigenvalue weighted by atomic mass is 16.4. The van der Waals surface area contributed by atoms with Crippen LogP contribution in [0.25, 0.3) is 11.4 Å². The molecule has 0 fully saturated rings. The third kappa shape index (κ3) is 4.40. The second-order valence-corrected chi connectivity index (χ2v) is 6.70. The standard InChI is InChI=1S/C23H24N2O2/c1-3-10-19(23(26)27)21-16(2)24-22(18-13-8-5-9-14-18)25-20(21)15-17-11-6-4-7-12-17/h4-9,11-14,19H,3,10,15H2,1-2H3,(H,26,27). The number of nitrogens with zero attached hydrogens (tertiary/aromatic N) is 2. The molecule has 0 radical (unpaired) electrons. The lowest BCUT2D eigenvalue weighted by Gasteiger charge is -2.19. The van der Waals surface area contributed by atoms with Crippen LogP contribution in [-0.2, 0) is 11.2 Å². The monoisotopic (exact) mass is 360 g/mol. The predicted octanol–water partition coefficient (Wildman–Crippen LogP) is 5.01. The summed E-state index contributed by atoms with van der Waals surface area (Å²) in [6.07, 6.45) is 1.96. The van der Waals surface area contributed by atoms with E-state index < -0.39 is 11.9 Å². The summed E-state index contributed by atoms with van der Waals surface area (Å²) in [7, 11) is 0. The van der Waals surface area contributed by atoms with Gasteiger partial charge in [-0.25, -0.2) is 9.97 Å². The van der Waals surface area contributed by atoms with Crippen LogP contribution in [0.2, 0.25) is 0 Å². The van der Waals surface area contributed by atoms with E-state index in [4.69, 9.17) is 4.98 Å². The van der Waals surface area contributed by atoms with Crippen LogP contribution < -0.4 is 0 Å². The molecule has 0 aliphatic heterocycles. The summed E-state index contributed by atoms with van der Waals surface area (Å²) in [4.78, 5) is 21.4. The molecule has 1 heterocycles. The number of hydrogen-bond donors (Lipinski definition) is 1. The number of aliphatic carboxylic acids is 1. The molecule has 27 heavy (non-hydrogen) atoms. The van der Waals surface area contributed by atoms with Crippen LogP contribution in [0.5, 0.6) is 0 Å². The van der Waals surface area contributed by atoms with E-state index in [-0.39, 0.29) is 0 Å². The van der Waals surface area contributed by atoms with Gasteiger partial charge < -0.3 is 5.11 Å². The lowest BCUT2D eigenvalue weighted by molar-refractivity contribution is -0.139. The van der Waals surface area contributed by atoms with Crippen LogP contribution >= 0.6 is 0 Å². The van der Waals surface area contributed by atoms with E-state index in [1.807, 2.05) is 74.5 Å². The van der Waals surface area contributed by atoms with E-state index in [0.29, 0.717) is 18.7 Å². The lowest BCUT2D eigenvalue weighted by Crippen LogP contribution is -2.18. The van der Waals surface area contributed by atoms with Gasteiger partial charge in [0.2, 0.25) is 0 Å². The minimum atomic E-state index is -0.815. The van der Waals surface area contributed by atoms with Gasteiger partial charge in [-0.3, -0.25) is 4.79 Å². The molecular weight excluding hydrogens is 336 g/mol. The Hall–Kier alpha value is -3.01. The van der Waals surface area contributed by atoms with Gasteiger partial charge in [-0.05, 0) is 18.9 Å². The number of benzene rings is 2. The molecule has 0 aliphatic rings. The predicted molar refractivity (Wildman–Crippen MR) is 107 cm³/mol. The first kappa shape index (κ1) is 18.8. The van der Waals surface area contributed by atoms with Gasteiger partial charge in [-0.2, -0.15) is 0 Å². The van der Waals surface area contributed by atoms with Crippen molar-refractivity contribution >= 4 is 5.97 Å². The molecule has 4 nitrogen and oxygen atoms in total. The average Bonchev–Trinajstić information content (AvgIpc) is 2.68. The Morgan fingerprint density at radius 2 is 1.63 bits per heavy atom. The molecule has 3 rings (SSSR count). The van der Waals surface area contributed by atoms with Crippen LogP contribution in [-0.4, -0.2) is 21.0 Å². The molecule has 138 valence electrons. The topological polar surface area (TPSA) is 63.1 Å². The van der Waals surface area contributed by atoms with Crippen molar-refractivity contribution in [3.05, 3.63) is 83.2 Å². The molecule has 0 saturated carbocycles. The highest BCUT2D eigenvalue weighted by Crippen LogP contribution is 2.30. The second-order valence-electron chi connectivity index (χ2n) is 6.70. The molecule has 1 aromatic heterocycles. The normalized spacial score (nSPS) is 11.9. The summed E-state index contributed by atoms with van der Waals surface area (Å²) >= 11 is 0. The number of aryl methyl sites for hydroxylation is 1. The van der Waals surface area contributed by atoms with E-state index >= 15 is 0 Å². The number of hydrogen-bond acceptors (Lipinski definition) is 3. The van der Waals surface area contributed by atoms with Crippen LogP contribution in [0.3, 0.4) is 0 Å². The van der Waals surface area contributed by atoms with E-state index in [1.165, 1.54) is 0 Å². The van der Waals surface area contributed by atoms with Crippen LogP contribution in [0.4, 0.5) is 0 Å². The number of rotatable bonds is 7. The quantitative estimate of drug-likeness (QED) is 0.643. The molecular formula is C23H24N2O2. The Kier molecular flexibility index (Phi) is 5.97. The summed E-state index contributed by atoms with van der Waals surface area (Å²) in [5.41, 5.74) is 4.34. The summed E-state index contributed by atoms with van der Waals surface area (Å²) < 4.78 is 0. The molecule has 0 bridgehead atoms. The number of carbonyl (C=O) groups is 1. The average molecular weight is 360 g/mol. The number of carboxylic acids is 1. The molecule has 1 atom stereocenters. The first-order chi connectivity index (χ1) is 13.1. The van der Waals surface area contributed by atoms with Crippen molar-refractivity contribution in [3.8, 4) is 11.4 Å². The third-order valence-electron chi connectivity index (χ3n) is 4.69. The van der Waals surface area contributed by atoms with E-state index in [2.05, 4.69) is 4.98 Å². The maximum Gasteiger partial charge on any atom is 0.311 e. The van der Waals surface area contributed by atoms with Gasteiger partial charge in [0, 0.05) is 23.2 Å². The van der Waals surface area contributed by atoms with E-state index in [9.17, 15) is 9.90 Å². The zero-order valence-corrected chi connectivity index (χ0v) is 15.7. The highest BCUT2D eigenvalue weighted by Gasteiger charge is 2.26. The molecule has 0 spiro atoms. The molecule has 1 unspecified atom stereocenters. The fourth-order valence-corrected chi connectivity index (χ4v) is 3.41. The molecule has 0 amide bonds. The summed E-state index contributed by atoms with van der Waals surface area (Å²) in [6.45, 7) is 3.89. The largest absolute Gasteiger partial charge is 0.481 e. The van der Waals surface area contributed by atoms with Gasteiger partial charge in [-0.15, -0.1) is 0 Å². The molecule has 0 aliphatic carbocycles. The zero-order valence-electron chi connectivity index (χ0n) is 15.7. The minimum Gasteiger partial charge on any atom is -0.481 e. The van der Waals surface area contributed by atoms with Gasteiger partial charge in [0.1, 0.15) is 0 Å². The van der Waals surface area contributed by atoms with Gasteiger partial charge >= 0.3 is 5.97 Å². The fourth-order valence-electron chi connectivity index (χ4n) is 3.41. The number of carboxylic acid groups (broad SMARTS) is 1. The van der Waals surface area contributed by atoms with Crippen molar-refractivity contribution in [3.63, 3.8) is 0 Å². The van der Waals surface area contributed by atoms with Crippen LogP contribution in [0.15, 0.2) is 60.7 Å². The van der Waals surface area contributed by atoms with Gasteiger partial charge in [0.25, 0.3) is 0 Å². The Bertz CT molecular complexity index is 908. The lowest BCUT2D eigenvalue weighted by atomic mass is 9.89. The summed E-state index contributed by atoms with van der Waals surface area (Å²) in [6, 6.07) is 19.8. The fraction of sp³-hybridized carbons (Fsp3) is 0.261. The van der Waals surface area contributed by atoms with Crippen molar-refractivity contribution in [1.29, 1.82) is 0 Å². The third-order valence-corrected chi connectivity index (χ3v) is 4.69. The Morgan fingerprint density at radius 1 is 1.00 bits per heavy atom. The van der Waals surface area contributed by atoms with Gasteiger partial charge in [-0.1, -0.05) is 74.0 Å². The van der Waals surface area contributed by atoms with Crippen molar-refractivity contribution in [2.75, 3.05) is 0 Å². The number of aromatic nitrogens is 2. The van der Waals surface area contributed by atoms with Crippen LogP contribution in [0.1, 0.15) is 48.2 Å². The van der Waals surface area contributed by atoms with E-state index in [1.54, 1.807) is 0 Å². The second kappa shape index (κ2) is 8.58. The summed E-state index contributed by atoms with van der Waals surface area (Å²) in [5, 5.41) is 9.80. The minimum absolute atomic E-state index is 0.575. The Labute approximate surface area is 159 Å². The van der Waals surface area contributed by atoms with Crippen molar-refractivity contribution in [2.45, 2.75) is 39.0 Å². The smallest absolute Gasteiger partial charge is 0.311 e. The Morgan fingerprint density at radius 3 is 2.22 bits per heavy atom. The molecule has 4 heteroatoms. The summed E-state index contributed by atoms with van der Waals surface area (Å²) in [5.74, 6) is -0.757. The maximum absolute atomic E-state index is 11.9. The molecule has 3 aromatic rings.